The van der Waals surface area contributed by atoms with Gasteiger partial charge in [-0.2, -0.15) is 18.3 Å². The predicted molar refractivity (Wildman–Crippen MR) is 45.6 cm³/mol. The molecule has 2 heterocycles. The highest BCUT2D eigenvalue weighted by atomic mass is 19.4. The molecule has 3 nitrogen and oxygen atoms in total. The number of aromatic nitrogens is 2. The summed E-state index contributed by atoms with van der Waals surface area (Å²) in [5, 5.41) is 3.53. The third kappa shape index (κ3) is 1.58. The Hall–Kier alpha value is -1.85. The Morgan fingerprint density at radius 1 is 1.33 bits per heavy atom. The van der Waals surface area contributed by atoms with Gasteiger partial charge in [0.25, 0.3) is 0 Å². The van der Waals surface area contributed by atoms with Crippen molar-refractivity contribution in [3.05, 3.63) is 35.7 Å². The highest BCUT2D eigenvalue weighted by Crippen LogP contribution is 2.29. The molecule has 0 N–H and O–H groups in total. The van der Waals surface area contributed by atoms with Crippen molar-refractivity contribution in [3.8, 4) is 0 Å². The lowest BCUT2D eigenvalue weighted by molar-refractivity contribution is -0.142. The zero-order valence-electron chi connectivity index (χ0n) is 7.32. The smallest absolute Gasteiger partial charge is 0.296 e. The second-order valence-electron chi connectivity index (χ2n) is 2.93. The van der Waals surface area contributed by atoms with Crippen LogP contribution in [0.4, 0.5) is 13.2 Å². The van der Waals surface area contributed by atoms with Crippen LogP contribution in [0.15, 0.2) is 24.3 Å². The first-order valence-corrected chi connectivity index (χ1v) is 4.03. The summed E-state index contributed by atoms with van der Waals surface area (Å²) < 4.78 is 38.2. The van der Waals surface area contributed by atoms with E-state index in [1.165, 1.54) is 18.2 Å². The summed E-state index contributed by atoms with van der Waals surface area (Å²) in [6.07, 6.45) is -4.07. The van der Waals surface area contributed by atoms with Crippen LogP contribution in [-0.2, 0) is 6.18 Å². The molecule has 2 rings (SSSR count). The van der Waals surface area contributed by atoms with Gasteiger partial charge in [-0.1, -0.05) is 6.07 Å². The summed E-state index contributed by atoms with van der Waals surface area (Å²) in [5.41, 5.74) is -0.674. The Morgan fingerprint density at radius 2 is 2.07 bits per heavy atom. The Balaban J connectivity index is 2.75. The van der Waals surface area contributed by atoms with E-state index in [2.05, 4.69) is 5.10 Å². The molecule has 0 unspecified atom stereocenters. The van der Waals surface area contributed by atoms with Crippen LogP contribution in [0.3, 0.4) is 0 Å². The van der Waals surface area contributed by atoms with Crippen molar-refractivity contribution in [2.75, 3.05) is 0 Å². The Kier molecular flexibility index (Phi) is 1.99. The normalized spacial score (nSPS) is 11.9. The molecule has 0 bridgehead atoms. The van der Waals surface area contributed by atoms with E-state index in [0.29, 0.717) is 10.8 Å². The molecule has 15 heavy (non-hydrogen) atoms. The SMILES string of the molecule is O=Cc1cc2cccc(C(F)(F)F)n2n1. The zero-order chi connectivity index (χ0) is 11.1. The van der Waals surface area contributed by atoms with Crippen molar-refractivity contribution < 1.29 is 18.0 Å². The maximum absolute atomic E-state index is 12.5. The number of rotatable bonds is 1. The molecule has 2 aromatic heterocycles. The average Bonchev–Trinajstić information content (AvgIpc) is 2.57. The van der Waals surface area contributed by atoms with Crippen molar-refractivity contribution in [3.63, 3.8) is 0 Å². The first kappa shape index (κ1) is 9.70. The van der Waals surface area contributed by atoms with Crippen molar-refractivity contribution in [2.24, 2.45) is 0 Å². The van der Waals surface area contributed by atoms with Gasteiger partial charge in [-0.15, -0.1) is 0 Å². The highest BCUT2D eigenvalue weighted by Gasteiger charge is 2.33. The summed E-state index contributed by atoms with van der Waals surface area (Å²) >= 11 is 0. The lowest BCUT2D eigenvalue weighted by Crippen LogP contribution is -2.12. The molecule has 6 heteroatoms. The molecule has 0 aromatic carbocycles. The number of nitrogens with zero attached hydrogens (tertiary/aromatic N) is 2. The monoisotopic (exact) mass is 214 g/mol. The van der Waals surface area contributed by atoms with Crippen LogP contribution in [0.1, 0.15) is 16.2 Å². The molecule has 0 aliphatic carbocycles. The number of carbonyl (C=O) groups is 1. The van der Waals surface area contributed by atoms with Gasteiger partial charge in [0.05, 0.1) is 5.52 Å². The summed E-state index contributed by atoms with van der Waals surface area (Å²) in [7, 11) is 0. The lowest BCUT2D eigenvalue weighted by atomic mass is 10.3. The van der Waals surface area contributed by atoms with Crippen LogP contribution in [0, 0.1) is 0 Å². The molecule has 0 radical (unpaired) electrons. The van der Waals surface area contributed by atoms with Crippen LogP contribution < -0.4 is 0 Å². The first-order chi connectivity index (χ1) is 7.02. The van der Waals surface area contributed by atoms with Gasteiger partial charge in [-0.25, -0.2) is 4.52 Å². The predicted octanol–water partition coefficient (Wildman–Crippen LogP) is 2.17. The van der Waals surface area contributed by atoms with Crippen LogP contribution in [0.5, 0.6) is 0 Å². The largest absolute Gasteiger partial charge is 0.433 e. The number of halogens is 3. The number of pyridine rings is 1. The average molecular weight is 214 g/mol. The van der Waals surface area contributed by atoms with E-state index in [4.69, 9.17) is 0 Å². The minimum absolute atomic E-state index is 0.0216. The Morgan fingerprint density at radius 3 is 2.67 bits per heavy atom. The third-order valence-electron chi connectivity index (χ3n) is 1.92. The number of carbonyl (C=O) groups excluding carboxylic acids is 1. The number of aldehydes is 1. The summed E-state index contributed by atoms with van der Waals surface area (Å²) in [6, 6.07) is 4.93. The van der Waals surface area contributed by atoms with E-state index >= 15 is 0 Å². The lowest BCUT2D eigenvalue weighted by Gasteiger charge is -2.07. The molecular weight excluding hydrogens is 209 g/mol. The summed E-state index contributed by atoms with van der Waals surface area (Å²) in [5.74, 6) is 0. The first-order valence-electron chi connectivity index (χ1n) is 4.03. The fourth-order valence-corrected chi connectivity index (χ4v) is 1.31. The number of hydrogen-bond acceptors (Lipinski definition) is 2. The fraction of sp³-hybridized carbons (Fsp3) is 0.111. The van der Waals surface area contributed by atoms with Gasteiger partial charge in [0, 0.05) is 0 Å². The van der Waals surface area contributed by atoms with Gasteiger partial charge in [-0.3, -0.25) is 4.79 Å². The zero-order valence-corrected chi connectivity index (χ0v) is 7.32. The third-order valence-corrected chi connectivity index (χ3v) is 1.92. The van der Waals surface area contributed by atoms with Gasteiger partial charge in [-0.05, 0) is 18.2 Å². The Labute approximate surface area is 82.1 Å². The fourth-order valence-electron chi connectivity index (χ4n) is 1.31. The quantitative estimate of drug-likeness (QED) is 0.682. The number of alkyl halides is 3. The molecule has 0 fully saturated rings. The summed E-state index contributed by atoms with van der Waals surface area (Å²) in [6.45, 7) is 0. The van der Waals surface area contributed by atoms with Crippen molar-refractivity contribution in [1.82, 2.24) is 9.61 Å². The second-order valence-corrected chi connectivity index (χ2v) is 2.93. The van der Waals surface area contributed by atoms with Crippen molar-refractivity contribution >= 4 is 11.8 Å². The minimum Gasteiger partial charge on any atom is -0.296 e. The van der Waals surface area contributed by atoms with E-state index in [0.717, 1.165) is 6.07 Å². The molecule has 0 saturated carbocycles. The van der Waals surface area contributed by atoms with Gasteiger partial charge < -0.3 is 0 Å². The van der Waals surface area contributed by atoms with Gasteiger partial charge >= 0.3 is 6.18 Å². The van der Waals surface area contributed by atoms with Crippen molar-refractivity contribution in [2.45, 2.75) is 6.18 Å². The minimum atomic E-state index is -4.48. The van der Waals surface area contributed by atoms with Crippen molar-refractivity contribution in [1.29, 1.82) is 0 Å². The van der Waals surface area contributed by atoms with Crippen LogP contribution in [0.2, 0.25) is 0 Å². The van der Waals surface area contributed by atoms with Crippen LogP contribution in [-0.4, -0.2) is 15.9 Å². The molecule has 0 amide bonds. The highest BCUT2D eigenvalue weighted by molar-refractivity contribution is 5.75. The van der Waals surface area contributed by atoms with Crippen LogP contribution in [0.25, 0.3) is 5.52 Å². The summed E-state index contributed by atoms with van der Waals surface area (Å²) in [4.78, 5) is 10.4. The molecule has 78 valence electrons. The van der Waals surface area contributed by atoms with Gasteiger partial charge in [0.15, 0.2) is 6.29 Å². The van der Waals surface area contributed by atoms with E-state index in [1.54, 1.807) is 0 Å². The molecule has 0 aliphatic rings. The standard InChI is InChI=1S/C9H5F3N2O/c10-9(11,12)8-3-1-2-7-4-6(5-15)13-14(7)8/h1-5H. The molecule has 0 aliphatic heterocycles. The topological polar surface area (TPSA) is 34.4 Å². The van der Waals surface area contributed by atoms with Crippen LogP contribution >= 0.6 is 0 Å². The number of fused-ring (bicyclic) bond motifs is 1. The maximum atomic E-state index is 12.5. The molecule has 0 atom stereocenters. The molecule has 2 aromatic rings. The number of hydrogen-bond donors (Lipinski definition) is 0. The van der Waals surface area contributed by atoms with E-state index in [-0.39, 0.29) is 11.2 Å². The Bertz CT molecular complexity index is 516. The molecule has 0 spiro atoms. The van der Waals surface area contributed by atoms with E-state index < -0.39 is 11.9 Å². The van der Waals surface area contributed by atoms with E-state index in [1.807, 2.05) is 0 Å². The van der Waals surface area contributed by atoms with Gasteiger partial charge in [0.1, 0.15) is 11.4 Å². The molecule has 0 saturated heterocycles. The molecular formula is C9H5F3N2O. The maximum Gasteiger partial charge on any atom is 0.433 e. The van der Waals surface area contributed by atoms with E-state index in [9.17, 15) is 18.0 Å². The second kappa shape index (κ2) is 3.08. The van der Waals surface area contributed by atoms with Gasteiger partial charge in [0.2, 0.25) is 0 Å².